The van der Waals surface area contributed by atoms with Gasteiger partial charge >= 0.3 is 38.1 Å². The fourth-order valence-electron chi connectivity index (χ4n) is 8.59. The molecule has 0 aliphatic carbocycles. The third-order valence-corrected chi connectivity index (χ3v) is 15.8. The summed E-state index contributed by atoms with van der Waals surface area (Å²) in [7, 11) is -4.56. The topological polar surface area (TPSA) is 312 Å². The van der Waals surface area contributed by atoms with Crippen LogP contribution in [0, 0.1) is 0 Å². The highest BCUT2D eigenvalue weighted by Crippen LogP contribution is 2.53. The van der Waals surface area contributed by atoms with Crippen molar-refractivity contribution < 1.29 is 48.1 Å². The summed E-state index contributed by atoms with van der Waals surface area (Å²) in [5.41, 5.74) is 13.0. The van der Waals surface area contributed by atoms with Crippen molar-refractivity contribution in [2.75, 3.05) is 26.2 Å². The van der Waals surface area contributed by atoms with E-state index in [1.165, 1.54) is 19.6 Å². The monoisotopic (exact) mass is 874 g/mol. The van der Waals surface area contributed by atoms with Crippen LogP contribution in [-0.2, 0) is 50.2 Å². The van der Waals surface area contributed by atoms with Gasteiger partial charge in [0.1, 0.15) is 12.1 Å². The molecule has 18 nitrogen and oxygen atoms in total. The number of benzene rings is 2. The average Bonchev–Trinajstić information content (AvgIpc) is 4.04. The maximum Gasteiger partial charge on any atom is 0.383 e. The zero-order valence-corrected chi connectivity index (χ0v) is 36.2. The number of carbonyl (C=O) groups excluding carboxylic acids is 4. The van der Waals surface area contributed by atoms with Gasteiger partial charge in [-0.2, -0.15) is 0 Å². The predicted molar refractivity (Wildman–Crippen MR) is 225 cm³/mol. The average molecular weight is 875 g/mol. The number of hydrogen-bond donors (Lipinski definition) is 6. The van der Waals surface area contributed by atoms with Gasteiger partial charge in [0.2, 0.25) is 23.6 Å². The number of likely N-dealkylation sites (tertiary alicyclic amines) is 4. The SMILES string of the molecule is C[C@H](N)C(=O)N1CCC[C@H]1C(=O)N1CCC[C@]1(C(=O)O)[P+](=O)Cc1ccccc1.C[C@H](N)C(=O)N1CCC[C@H]1C(=O)N1CCC[C@]1(C(=O)O)[P+](=O)Cc1ccccc1.N.N. The molecule has 6 rings (SSSR count). The van der Waals surface area contributed by atoms with E-state index in [-0.39, 0.29) is 62.4 Å². The molecule has 0 bridgehead atoms. The van der Waals surface area contributed by atoms with Gasteiger partial charge in [0.05, 0.1) is 12.1 Å². The maximum absolute atomic E-state index is 13.4. The van der Waals surface area contributed by atoms with Gasteiger partial charge in [0.15, 0.2) is 12.3 Å². The van der Waals surface area contributed by atoms with Crippen molar-refractivity contribution in [3.8, 4) is 0 Å². The van der Waals surface area contributed by atoms with Gasteiger partial charge in [-0.1, -0.05) is 69.8 Å². The Kier molecular flexibility index (Phi) is 17.5. The highest BCUT2D eigenvalue weighted by molar-refractivity contribution is 7.47. The predicted octanol–water partition coefficient (Wildman–Crippen LogP) is 3.84. The molecular weight excluding hydrogens is 814 g/mol. The zero-order chi connectivity index (χ0) is 42.4. The maximum atomic E-state index is 13.4. The Morgan fingerprint density at radius 1 is 0.617 bits per heavy atom. The fourth-order valence-corrected chi connectivity index (χ4v) is 12.4. The number of carboxylic acid groups (broad SMARTS) is 2. The molecule has 4 saturated heterocycles. The van der Waals surface area contributed by atoms with Crippen molar-refractivity contribution in [2.45, 2.75) is 112 Å². The molecule has 0 saturated carbocycles. The van der Waals surface area contributed by atoms with Crippen molar-refractivity contribution >= 4 is 51.2 Å². The lowest BCUT2D eigenvalue weighted by molar-refractivity contribution is -0.154. The Morgan fingerprint density at radius 2 is 0.950 bits per heavy atom. The zero-order valence-electron chi connectivity index (χ0n) is 34.4. The first-order chi connectivity index (χ1) is 27.6. The van der Waals surface area contributed by atoms with E-state index in [1.54, 1.807) is 62.4 Å². The summed E-state index contributed by atoms with van der Waals surface area (Å²) < 4.78 is 26.6. The number of carboxylic acids is 2. The molecule has 4 amide bonds. The van der Waals surface area contributed by atoms with Gasteiger partial charge < -0.3 is 43.8 Å². The van der Waals surface area contributed by atoms with E-state index in [0.29, 0.717) is 51.6 Å². The van der Waals surface area contributed by atoms with Crippen LogP contribution in [0.25, 0.3) is 0 Å². The molecule has 328 valence electrons. The van der Waals surface area contributed by atoms with E-state index in [0.717, 1.165) is 11.1 Å². The van der Waals surface area contributed by atoms with Crippen LogP contribution in [0.2, 0.25) is 0 Å². The molecular formula is C40H60N8O10P2+2. The fraction of sp³-hybridized carbons (Fsp3) is 0.550. The molecule has 0 spiro atoms. The van der Waals surface area contributed by atoms with Gasteiger partial charge in [-0.3, -0.25) is 29.0 Å². The number of carbonyl (C=O) groups is 6. The van der Waals surface area contributed by atoms with Crippen LogP contribution in [0.1, 0.15) is 76.3 Å². The quantitative estimate of drug-likeness (QED) is 0.165. The van der Waals surface area contributed by atoms with Crippen molar-refractivity contribution in [3.63, 3.8) is 0 Å². The van der Waals surface area contributed by atoms with Crippen LogP contribution in [0.4, 0.5) is 0 Å². The molecule has 20 heteroatoms. The third-order valence-electron chi connectivity index (χ3n) is 11.5. The Bertz CT molecular complexity index is 1770. The van der Waals surface area contributed by atoms with Gasteiger partial charge in [0.25, 0.3) is 0 Å². The molecule has 4 fully saturated rings. The lowest BCUT2D eigenvalue weighted by Crippen LogP contribution is -2.57. The molecule has 2 unspecified atom stereocenters. The largest absolute Gasteiger partial charge is 0.476 e. The molecule has 4 aliphatic heterocycles. The second-order valence-electron chi connectivity index (χ2n) is 15.4. The first-order valence-electron chi connectivity index (χ1n) is 19.8. The number of aliphatic carboxylic acids is 2. The van der Waals surface area contributed by atoms with Crippen molar-refractivity contribution in [2.24, 2.45) is 11.5 Å². The van der Waals surface area contributed by atoms with Gasteiger partial charge in [0, 0.05) is 39.0 Å². The number of nitrogens with two attached hydrogens (primary N) is 2. The second kappa shape index (κ2) is 21.2. The molecule has 60 heavy (non-hydrogen) atoms. The normalized spacial score (nSPS) is 24.9. The van der Waals surface area contributed by atoms with E-state index in [9.17, 15) is 48.1 Å². The first-order valence-corrected chi connectivity index (χ1v) is 22.7. The minimum atomic E-state index is -2.28. The van der Waals surface area contributed by atoms with E-state index in [2.05, 4.69) is 0 Å². The van der Waals surface area contributed by atoms with Crippen LogP contribution in [-0.4, -0.2) is 126 Å². The van der Waals surface area contributed by atoms with E-state index >= 15 is 0 Å². The highest BCUT2D eigenvalue weighted by Gasteiger charge is 2.66. The molecule has 4 heterocycles. The molecule has 0 aromatic heterocycles. The Morgan fingerprint density at radius 3 is 1.25 bits per heavy atom. The van der Waals surface area contributed by atoms with Crippen molar-refractivity contribution in [3.05, 3.63) is 71.8 Å². The minimum Gasteiger partial charge on any atom is -0.476 e. The summed E-state index contributed by atoms with van der Waals surface area (Å²) in [5.74, 6) is -4.02. The number of hydrogen-bond acceptors (Lipinski definition) is 12. The lowest BCUT2D eigenvalue weighted by atomic mass is 10.1. The van der Waals surface area contributed by atoms with E-state index in [4.69, 9.17) is 11.5 Å². The van der Waals surface area contributed by atoms with Crippen LogP contribution in [0.3, 0.4) is 0 Å². The molecule has 8 atom stereocenters. The Labute approximate surface area is 352 Å². The van der Waals surface area contributed by atoms with Crippen LogP contribution in [0.15, 0.2) is 60.7 Å². The molecule has 2 aromatic carbocycles. The first kappa shape index (κ1) is 49.7. The van der Waals surface area contributed by atoms with Crippen molar-refractivity contribution in [1.29, 1.82) is 0 Å². The number of rotatable bonds is 12. The van der Waals surface area contributed by atoms with E-state index in [1.807, 2.05) is 12.1 Å². The van der Waals surface area contributed by atoms with Gasteiger partial charge in [-0.15, -0.1) is 0 Å². The Balaban J connectivity index is 0.000000310. The summed E-state index contributed by atoms with van der Waals surface area (Å²) in [4.78, 5) is 81.6. The van der Waals surface area contributed by atoms with Gasteiger partial charge in [-0.05, 0) is 63.5 Å². The summed E-state index contributed by atoms with van der Waals surface area (Å²) in [6, 6.07) is 15.1. The number of amides is 4. The molecule has 12 N–H and O–H groups in total. The Hall–Kier alpha value is -4.70. The molecule has 2 aromatic rings. The summed E-state index contributed by atoms with van der Waals surface area (Å²) in [6.07, 6.45) is 3.59. The smallest absolute Gasteiger partial charge is 0.383 e. The molecule has 4 aliphatic rings. The minimum absolute atomic E-state index is 0. The highest BCUT2D eigenvalue weighted by atomic mass is 31.1. The standard InChI is InChI=1S/2C20H26N3O5P.2H3N/c2*1-14(21)17(24)22-11-5-9-16(22)18(25)23-12-6-10-20(23,19(26)27)29(28)13-15-7-3-2-4-8-15;;/h2*2-4,7-8,14,16H,5-6,9-13,21H2,1H3;2*1H3/p+2/t2*14-,16-,20+;;/m00../s1. The second-order valence-corrected chi connectivity index (χ2v) is 19.1. The summed E-state index contributed by atoms with van der Waals surface area (Å²) in [6.45, 7) is 4.41. The van der Waals surface area contributed by atoms with Crippen LogP contribution >= 0.6 is 15.6 Å². The van der Waals surface area contributed by atoms with Crippen molar-refractivity contribution in [1.82, 2.24) is 31.9 Å². The van der Waals surface area contributed by atoms with E-state index < -0.39 is 74.1 Å². The molecule has 0 radical (unpaired) electrons. The number of nitrogens with zero attached hydrogens (tertiary/aromatic N) is 4. The summed E-state index contributed by atoms with van der Waals surface area (Å²) >= 11 is 0. The third kappa shape index (κ3) is 9.91. The van der Waals surface area contributed by atoms with Gasteiger partial charge in [-0.25, -0.2) is 9.59 Å². The summed E-state index contributed by atoms with van der Waals surface area (Å²) in [5, 5.41) is 16.6. The van der Waals surface area contributed by atoms with Crippen LogP contribution in [0.5, 0.6) is 0 Å². The lowest BCUT2D eigenvalue weighted by Gasteiger charge is -2.32. The van der Waals surface area contributed by atoms with Crippen LogP contribution < -0.4 is 23.8 Å².